The van der Waals surface area contributed by atoms with Gasteiger partial charge in [0.25, 0.3) is 5.91 Å². The molecule has 0 radical (unpaired) electrons. The van der Waals surface area contributed by atoms with Gasteiger partial charge >= 0.3 is 0 Å². The number of carbonyl (C=O) groups excluding carboxylic acids is 2. The number of halogens is 2. The largest absolute Gasteiger partial charge is 0.469 e. The lowest BCUT2D eigenvalue weighted by atomic mass is 10.2. The summed E-state index contributed by atoms with van der Waals surface area (Å²) in [5, 5.41) is 7.43. The maximum Gasteiger partial charge on any atom is 0.260 e. The summed E-state index contributed by atoms with van der Waals surface area (Å²) in [5.41, 5.74) is 1.42. The first-order chi connectivity index (χ1) is 12.4. The highest BCUT2D eigenvalue weighted by molar-refractivity contribution is 9.10. The molecule has 26 heavy (non-hydrogen) atoms. The lowest BCUT2D eigenvalue weighted by Gasteiger charge is -2.06. The highest BCUT2D eigenvalue weighted by atomic mass is 79.9. The maximum absolute atomic E-state index is 13.1. The topological polar surface area (TPSA) is 84.2 Å². The van der Waals surface area contributed by atoms with Crippen molar-refractivity contribution in [3.63, 3.8) is 0 Å². The quantitative estimate of drug-likeness (QED) is 0.620. The molecule has 6 nitrogen and oxygen atoms in total. The number of nitrogens with zero attached hydrogens (tertiary/aromatic N) is 1. The average Bonchev–Trinajstić information content (AvgIpc) is 3.19. The van der Waals surface area contributed by atoms with Gasteiger partial charge in [0.15, 0.2) is 5.13 Å². The fourth-order valence-corrected chi connectivity index (χ4v) is 3.34. The molecule has 3 rings (SSSR count). The zero-order chi connectivity index (χ0) is 18.7. The van der Waals surface area contributed by atoms with Crippen LogP contribution in [0.25, 0.3) is 0 Å². The first-order valence-corrected chi connectivity index (χ1v) is 9.14. The maximum atomic E-state index is 13.1. The van der Waals surface area contributed by atoms with Crippen molar-refractivity contribution in [2.75, 3.05) is 10.6 Å². The predicted molar refractivity (Wildman–Crippen MR) is 99.9 cm³/mol. The van der Waals surface area contributed by atoms with Gasteiger partial charge in [-0.15, -0.1) is 11.3 Å². The number of anilines is 2. The fraction of sp³-hybridized carbons (Fsp3) is 0.118. The Morgan fingerprint density at radius 3 is 2.81 bits per heavy atom. The Morgan fingerprint density at radius 1 is 1.31 bits per heavy atom. The van der Waals surface area contributed by atoms with Crippen molar-refractivity contribution in [2.24, 2.45) is 0 Å². The Balaban J connectivity index is 1.60. The van der Waals surface area contributed by atoms with Crippen molar-refractivity contribution in [3.8, 4) is 0 Å². The number of benzene rings is 1. The van der Waals surface area contributed by atoms with Gasteiger partial charge in [0.1, 0.15) is 11.6 Å². The van der Waals surface area contributed by atoms with Crippen molar-refractivity contribution in [3.05, 3.63) is 63.2 Å². The number of rotatable bonds is 5. The molecule has 0 saturated carbocycles. The minimum Gasteiger partial charge on any atom is -0.469 e. The molecular formula is C17H13BrFN3O3S. The SMILES string of the molecule is Cc1occc1C(=O)Nc1nc(CC(=O)Nc2ccc(F)cc2Br)cs1. The second kappa shape index (κ2) is 7.79. The number of carbonyl (C=O) groups is 2. The van der Waals surface area contributed by atoms with Crippen LogP contribution >= 0.6 is 27.3 Å². The molecule has 1 aromatic carbocycles. The molecule has 0 aliphatic heterocycles. The van der Waals surface area contributed by atoms with Crippen LogP contribution in [0.1, 0.15) is 21.8 Å². The minimum atomic E-state index is -0.400. The standard InChI is InChI=1S/C17H13BrFN3O3S/c1-9-12(4-5-25-9)16(24)22-17-20-11(8-26-17)7-15(23)21-14-3-2-10(19)6-13(14)18/h2-6,8H,7H2,1H3,(H,21,23)(H,20,22,24). The normalized spacial score (nSPS) is 10.6. The van der Waals surface area contributed by atoms with Gasteiger partial charge in [-0.1, -0.05) is 0 Å². The highest BCUT2D eigenvalue weighted by Crippen LogP contribution is 2.24. The highest BCUT2D eigenvalue weighted by Gasteiger charge is 2.15. The lowest BCUT2D eigenvalue weighted by molar-refractivity contribution is -0.115. The summed E-state index contributed by atoms with van der Waals surface area (Å²) in [7, 11) is 0. The molecule has 9 heteroatoms. The second-order valence-electron chi connectivity index (χ2n) is 5.34. The lowest BCUT2D eigenvalue weighted by Crippen LogP contribution is -2.15. The van der Waals surface area contributed by atoms with E-state index in [0.29, 0.717) is 32.3 Å². The Kier molecular flexibility index (Phi) is 5.48. The van der Waals surface area contributed by atoms with Crippen LogP contribution in [-0.2, 0) is 11.2 Å². The first-order valence-electron chi connectivity index (χ1n) is 7.47. The predicted octanol–water partition coefficient (Wildman–Crippen LogP) is 4.38. The molecule has 0 aliphatic carbocycles. The number of hydrogen-bond acceptors (Lipinski definition) is 5. The summed E-state index contributed by atoms with van der Waals surface area (Å²) in [6, 6.07) is 5.57. The molecule has 0 unspecified atom stereocenters. The van der Waals surface area contributed by atoms with Crippen molar-refractivity contribution < 1.29 is 18.4 Å². The zero-order valence-electron chi connectivity index (χ0n) is 13.5. The van der Waals surface area contributed by atoms with E-state index in [1.807, 2.05) is 0 Å². The number of furan rings is 1. The molecular weight excluding hydrogens is 425 g/mol. The molecule has 0 aliphatic rings. The molecule has 2 heterocycles. The second-order valence-corrected chi connectivity index (χ2v) is 7.05. The van der Waals surface area contributed by atoms with Crippen LogP contribution in [0.15, 0.2) is 44.8 Å². The van der Waals surface area contributed by atoms with Crippen LogP contribution in [0.4, 0.5) is 15.2 Å². The van der Waals surface area contributed by atoms with E-state index in [9.17, 15) is 14.0 Å². The average molecular weight is 438 g/mol. The molecule has 2 amide bonds. The molecule has 0 spiro atoms. The summed E-state index contributed by atoms with van der Waals surface area (Å²) in [4.78, 5) is 28.5. The third-order valence-corrected chi connectivity index (χ3v) is 4.89. The Bertz CT molecular complexity index is 970. The molecule has 0 saturated heterocycles. The van der Waals surface area contributed by atoms with Crippen LogP contribution in [0.3, 0.4) is 0 Å². The minimum absolute atomic E-state index is 0.0287. The first kappa shape index (κ1) is 18.3. The van der Waals surface area contributed by atoms with Gasteiger partial charge in [-0.2, -0.15) is 0 Å². The summed E-state index contributed by atoms with van der Waals surface area (Å²) in [5.74, 6) is -0.505. The van der Waals surface area contributed by atoms with Crippen molar-refractivity contribution >= 4 is 49.9 Å². The number of amides is 2. The van der Waals surface area contributed by atoms with Crippen LogP contribution in [-0.4, -0.2) is 16.8 Å². The van der Waals surface area contributed by atoms with Gasteiger partial charge in [0.2, 0.25) is 5.91 Å². The third kappa shape index (κ3) is 4.36. The van der Waals surface area contributed by atoms with Crippen LogP contribution in [0.5, 0.6) is 0 Å². The van der Waals surface area contributed by atoms with E-state index < -0.39 is 5.82 Å². The summed E-state index contributed by atoms with van der Waals surface area (Å²) in [6.07, 6.45) is 1.47. The van der Waals surface area contributed by atoms with E-state index in [-0.39, 0.29) is 18.2 Å². The fourth-order valence-electron chi connectivity index (χ4n) is 2.18. The van der Waals surface area contributed by atoms with E-state index in [2.05, 4.69) is 31.5 Å². The Morgan fingerprint density at radius 2 is 2.12 bits per heavy atom. The summed E-state index contributed by atoms with van der Waals surface area (Å²) in [6.45, 7) is 1.69. The van der Waals surface area contributed by atoms with E-state index in [1.165, 1.54) is 35.8 Å². The summed E-state index contributed by atoms with van der Waals surface area (Å²) >= 11 is 4.42. The van der Waals surface area contributed by atoms with Gasteiger partial charge in [-0.3, -0.25) is 14.9 Å². The van der Waals surface area contributed by atoms with Gasteiger partial charge in [0, 0.05) is 9.85 Å². The van der Waals surface area contributed by atoms with Gasteiger partial charge in [0.05, 0.1) is 29.6 Å². The van der Waals surface area contributed by atoms with Crippen molar-refractivity contribution in [1.29, 1.82) is 0 Å². The molecule has 2 N–H and O–H groups in total. The number of thiazole rings is 1. The van der Waals surface area contributed by atoms with E-state index >= 15 is 0 Å². The van der Waals surface area contributed by atoms with Crippen LogP contribution in [0.2, 0.25) is 0 Å². The zero-order valence-corrected chi connectivity index (χ0v) is 15.9. The number of nitrogens with one attached hydrogen (secondary N) is 2. The third-order valence-electron chi connectivity index (χ3n) is 3.42. The molecule has 134 valence electrons. The Hall–Kier alpha value is -2.52. The monoisotopic (exact) mass is 437 g/mol. The number of aromatic nitrogens is 1. The molecule has 0 atom stereocenters. The van der Waals surface area contributed by atoms with E-state index in [0.717, 1.165) is 0 Å². The van der Waals surface area contributed by atoms with Crippen molar-refractivity contribution in [2.45, 2.75) is 13.3 Å². The number of aryl methyl sites for hydroxylation is 1. The van der Waals surface area contributed by atoms with E-state index in [1.54, 1.807) is 18.4 Å². The van der Waals surface area contributed by atoms with Crippen LogP contribution in [0, 0.1) is 12.7 Å². The van der Waals surface area contributed by atoms with Crippen LogP contribution < -0.4 is 10.6 Å². The number of hydrogen-bond donors (Lipinski definition) is 2. The van der Waals surface area contributed by atoms with E-state index in [4.69, 9.17) is 4.42 Å². The smallest absolute Gasteiger partial charge is 0.260 e. The molecule has 0 fully saturated rings. The Labute approximate surface area is 160 Å². The van der Waals surface area contributed by atoms with Crippen molar-refractivity contribution in [1.82, 2.24) is 4.98 Å². The summed E-state index contributed by atoms with van der Waals surface area (Å²) < 4.78 is 18.6. The molecule has 2 aromatic heterocycles. The van der Waals surface area contributed by atoms with Gasteiger partial charge in [-0.25, -0.2) is 9.37 Å². The van der Waals surface area contributed by atoms with Gasteiger partial charge in [-0.05, 0) is 47.1 Å². The molecule has 0 bridgehead atoms. The molecule has 3 aromatic rings. The van der Waals surface area contributed by atoms with Gasteiger partial charge < -0.3 is 9.73 Å².